The fraction of sp³-hybridized carbons (Fsp3) is 0.444. The average molecular weight is 313 g/mol. The number of nitrogens with zero attached hydrogens (tertiary/aromatic N) is 1. The van der Waals surface area contributed by atoms with Crippen LogP contribution in [0.2, 0.25) is 0 Å². The Hall–Kier alpha value is -2.30. The maximum atomic E-state index is 12.4. The van der Waals surface area contributed by atoms with Crippen LogP contribution in [0.25, 0.3) is 10.9 Å². The van der Waals surface area contributed by atoms with E-state index >= 15 is 0 Å². The lowest BCUT2D eigenvalue weighted by Crippen LogP contribution is -2.41. The van der Waals surface area contributed by atoms with Gasteiger partial charge in [-0.15, -0.1) is 0 Å². The standard InChI is InChI=1S/C18H19NO4/c1-18(2,3)23-17(21)19-7-6-11-12(19)4-5-14-16(11)15-10(9-22-14)8-13(15)20/h4-7,10,15H,8-9H2,1-3H3/t10-,15+/m0/s1. The van der Waals surface area contributed by atoms with Crippen LogP contribution in [0.5, 0.6) is 5.75 Å². The smallest absolute Gasteiger partial charge is 0.418 e. The van der Waals surface area contributed by atoms with Crippen molar-refractivity contribution in [1.29, 1.82) is 0 Å². The Morgan fingerprint density at radius 3 is 2.78 bits per heavy atom. The highest BCUT2D eigenvalue weighted by atomic mass is 16.6. The van der Waals surface area contributed by atoms with Gasteiger partial charge in [-0.3, -0.25) is 9.36 Å². The molecule has 0 bridgehead atoms. The highest BCUT2D eigenvalue weighted by Gasteiger charge is 2.46. The molecule has 1 saturated carbocycles. The molecule has 1 aliphatic heterocycles. The molecule has 2 heterocycles. The summed E-state index contributed by atoms with van der Waals surface area (Å²) in [5.74, 6) is 1.20. The monoisotopic (exact) mass is 313 g/mol. The van der Waals surface area contributed by atoms with Crippen LogP contribution in [0, 0.1) is 5.92 Å². The Bertz CT molecular complexity index is 827. The molecule has 1 aromatic heterocycles. The number of Topliss-reactive ketones (excluding diaryl/α,β-unsaturated/α-hetero) is 1. The Labute approximate surface area is 134 Å². The van der Waals surface area contributed by atoms with Crippen molar-refractivity contribution in [3.05, 3.63) is 30.0 Å². The van der Waals surface area contributed by atoms with E-state index in [4.69, 9.17) is 9.47 Å². The summed E-state index contributed by atoms with van der Waals surface area (Å²) in [6.07, 6.45) is 1.87. The van der Waals surface area contributed by atoms with Gasteiger partial charge in [0.05, 0.1) is 18.0 Å². The molecule has 1 aliphatic carbocycles. The van der Waals surface area contributed by atoms with Gasteiger partial charge in [0.1, 0.15) is 17.1 Å². The second-order valence-electron chi connectivity index (χ2n) is 7.30. The van der Waals surface area contributed by atoms with Crippen molar-refractivity contribution in [1.82, 2.24) is 4.57 Å². The zero-order valence-corrected chi connectivity index (χ0v) is 13.5. The molecule has 5 nitrogen and oxygen atoms in total. The van der Waals surface area contributed by atoms with Gasteiger partial charge in [0.15, 0.2) is 0 Å². The first-order valence-electron chi connectivity index (χ1n) is 7.88. The zero-order chi connectivity index (χ0) is 16.4. The largest absolute Gasteiger partial charge is 0.493 e. The minimum absolute atomic E-state index is 0.0862. The van der Waals surface area contributed by atoms with Crippen LogP contribution in [0.4, 0.5) is 4.79 Å². The summed E-state index contributed by atoms with van der Waals surface area (Å²) in [5, 5.41) is 0.899. The summed E-state index contributed by atoms with van der Waals surface area (Å²) in [5.41, 5.74) is 1.12. The Morgan fingerprint density at radius 1 is 1.30 bits per heavy atom. The molecule has 2 atom stereocenters. The molecule has 4 rings (SSSR count). The van der Waals surface area contributed by atoms with Crippen LogP contribution >= 0.6 is 0 Å². The zero-order valence-electron chi connectivity index (χ0n) is 13.5. The number of carbonyl (C=O) groups excluding carboxylic acids is 2. The number of hydrogen-bond acceptors (Lipinski definition) is 4. The predicted octanol–water partition coefficient (Wildman–Crippen LogP) is 3.49. The van der Waals surface area contributed by atoms with Gasteiger partial charge in [0.2, 0.25) is 0 Å². The summed E-state index contributed by atoms with van der Waals surface area (Å²) in [6.45, 7) is 6.11. The van der Waals surface area contributed by atoms with E-state index in [9.17, 15) is 9.59 Å². The Morgan fingerprint density at radius 2 is 2.09 bits per heavy atom. The van der Waals surface area contributed by atoms with Crippen LogP contribution in [0.15, 0.2) is 24.4 Å². The lowest BCUT2D eigenvalue weighted by atomic mass is 9.67. The third-order valence-electron chi connectivity index (χ3n) is 4.51. The maximum Gasteiger partial charge on any atom is 0.418 e. The van der Waals surface area contributed by atoms with Crippen molar-refractivity contribution >= 4 is 22.8 Å². The van der Waals surface area contributed by atoms with Crippen molar-refractivity contribution < 1.29 is 19.1 Å². The van der Waals surface area contributed by atoms with Crippen molar-refractivity contribution in [3.63, 3.8) is 0 Å². The summed E-state index contributed by atoms with van der Waals surface area (Å²) in [6, 6.07) is 5.57. The van der Waals surface area contributed by atoms with Gasteiger partial charge in [-0.25, -0.2) is 4.79 Å². The van der Waals surface area contributed by atoms with Crippen molar-refractivity contribution in [2.75, 3.05) is 6.61 Å². The van der Waals surface area contributed by atoms with Gasteiger partial charge in [-0.2, -0.15) is 0 Å². The molecule has 0 saturated heterocycles. The average Bonchev–Trinajstić information content (AvgIpc) is 2.87. The van der Waals surface area contributed by atoms with Gasteiger partial charge in [-0.1, -0.05) is 0 Å². The molecule has 0 unspecified atom stereocenters. The first-order valence-corrected chi connectivity index (χ1v) is 7.88. The number of rotatable bonds is 0. The van der Waals surface area contributed by atoms with Gasteiger partial charge in [-0.05, 0) is 39.0 Å². The fourth-order valence-electron chi connectivity index (χ4n) is 3.49. The van der Waals surface area contributed by atoms with E-state index < -0.39 is 11.7 Å². The number of fused-ring (bicyclic) bond motifs is 5. The van der Waals surface area contributed by atoms with Gasteiger partial charge in [0.25, 0.3) is 0 Å². The van der Waals surface area contributed by atoms with E-state index in [1.54, 1.807) is 6.20 Å². The van der Waals surface area contributed by atoms with Gasteiger partial charge in [0, 0.05) is 29.5 Å². The number of benzene rings is 1. The number of ketones is 1. The Balaban J connectivity index is 1.82. The molecule has 1 fully saturated rings. The van der Waals surface area contributed by atoms with Crippen LogP contribution in [0.1, 0.15) is 38.7 Å². The fourth-order valence-corrected chi connectivity index (χ4v) is 3.49. The molecule has 2 aromatic rings. The van der Waals surface area contributed by atoms with E-state index in [2.05, 4.69) is 0 Å². The van der Waals surface area contributed by atoms with E-state index in [0.29, 0.717) is 13.0 Å². The van der Waals surface area contributed by atoms with E-state index in [1.807, 2.05) is 39.0 Å². The minimum Gasteiger partial charge on any atom is -0.493 e. The molecule has 23 heavy (non-hydrogen) atoms. The molecule has 0 amide bonds. The van der Waals surface area contributed by atoms with Crippen LogP contribution < -0.4 is 4.74 Å². The molecular weight excluding hydrogens is 294 g/mol. The normalized spacial score (nSPS) is 22.8. The lowest BCUT2D eigenvalue weighted by molar-refractivity contribution is -0.131. The van der Waals surface area contributed by atoms with Crippen molar-refractivity contribution in [2.45, 2.75) is 38.7 Å². The summed E-state index contributed by atoms with van der Waals surface area (Å²) >= 11 is 0. The Kier molecular flexibility index (Phi) is 2.86. The number of aromatic nitrogens is 1. The van der Waals surface area contributed by atoms with Crippen molar-refractivity contribution in [2.24, 2.45) is 5.92 Å². The molecular formula is C18H19NO4. The summed E-state index contributed by atoms with van der Waals surface area (Å²) in [4.78, 5) is 24.4. The van der Waals surface area contributed by atoms with Crippen LogP contribution in [0.3, 0.4) is 0 Å². The molecule has 2 aliphatic rings. The van der Waals surface area contributed by atoms with E-state index in [1.165, 1.54) is 4.57 Å². The first-order chi connectivity index (χ1) is 10.8. The third-order valence-corrected chi connectivity index (χ3v) is 4.51. The number of hydrogen-bond donors (Lipinski definition) is 0. The SMILES string of the molecule is CC(C)(C)OC(=O)n1ccc2c3c(ccc21)OC[C@@H]1CC(=O)[C@H]31. The lowest BCUT2D eigenvalue weighted by Gasteiger charge is -2.40. The number of carbonyl (C=O) groups is 2. The van der Waals surface area contributed by atoms with Gasteiger partial charge >= 0.3 is 6.09 Å². The molecule has 1 aromatic carbocycles. The van der Waals surface area contributed by atoms with E-state index in [-0.39, 0.29) is 17.6 Å². The predicted molar refractivity (Wildman–Crippen MR) is 84.9 cm³/mol. The van der Waals surface area contributed by atoms with Crippen LogP contribution in [-0.2, 0) is 9.53 Å². The topological polar surface area (TPSA) is 57.5 Å². The van der Waals surface area contributed by atoms with E-state index in [0.717, 1.165) is 22.2 Å². The van der Waals surface area contributed by atoms with Gasteiger partial charge < -0.3 is 9.47 Å². The molecule has 0 radical (unpaired) electrons. The van der Waals surface area contributed by atoms with Crippen molar-refractivity contribution in [3.8, 4) is 5.75 Å². The highest BCUT2D eigenvalue weighted by Crippen LogP contribution is 2.49. The number of ether oxygens (including phenoxy) is 2. The minimum atomic E-state index is -0.556. The molecule has 5 heteroatoms. The summed E-state index contributed by atoms with van der Waals surface area (Å²) < 4.78 is 12.7. The second kappa shape index (κ2) is 4.60. The molecule has 0 spiro atoms. The summed E-state index contributed by atoms with van der Waals surface area (Å²) in [7, 11) is 0. The first kappa shape index (κ1) is 14.3. The molecule has 120 valence electrons. The second-order valence-corrected chi connectivity index (χ2v) is 7.30. The molecule has 0 N–H and O–H groups in total. The highest BCUT2D eigenvalue weighted by molar-refractivity contribution is 6.01. The maximum absolute atomic E-state index is 12.4. The van der Waals surface area contributed by atoms with Crippen LogP contribution in [-0.4, -0.2) is 28.7 Å². The third kappa shape index (κ3) is 2.14. The quantitative estimate of drug-likeness (QED) is 0.747.